The Morgan fingerprint density at radius 3 is 2.38 bits per heavy atom. The van der Waals surface area contributed by atoms with Crippen LogP contribution in [0.4, 0.5) is 0 Å². The van der Waals surface area contributed by atoms with E-state index in [2.05, 4.69) is 6.58 Å². The van der Waals surface area contributed by atoms with Gasteiger partial charge in [0.1, 0.15) is 12.7 Å². The van der Waals surface area contributed by atoms with E-state index in [0.717, 1.165) is 12.5 Å². The van der Waals surface area contributed by atoms with Crippen molar-refractivity contribution in [2.45, 2.75) is 71.6 Å². The van der Waals surface area contributed by atoms with Crippen molar-refractivity contribution in [1.82, 2.24) is 0 Å². The van der Waals surface area contributed by atoms with Crippen LogP contribution in [0.1, 0.15) is 53.9 Å². The molecule has 0 heterocycles. The van der Waals surface area contributed by atoms with E-state index < -0.39 is 17.7 Å². The summed E-state index contributed by atoms with van der Waals surface area (Å²) in [6, 6.07) is -0.263. The lowest BCUT2D eigenvalue weighted by Gasteiger charge is -2.38. The van der Waals surface area contributed by atoms with Crippen LogP contribution in [-0.4, -0.2) is 42.9 Å². The predicted octanol–water partition coefficient (Wildman–Crippen LogP) is 2.60. The van der Waals surface area contributed by atoms with Gasteiger partial charge >= 0.3 is 11.9 Å². The van der Waals surface area contributed by atoms with E-state index in [1.807, 2.05) is 27.7 Å². The number of ether oxygens (including phenoxy) is 3. The molecule has 24 heavy (non-hydrogen) atoms. The van der Waals surface area contributed by atoms with E-state index in [4.69, 9.17) is 19.9 Å². The van der Waals surface area contributed by atoms with Crippen LogP contribution in [0, 0.1) is 5.92 Å². The van der Waals surface area contributed by atoms with E-state index in [0.29, 0.717) is 13.0 Å². The third kappa shape index (κ3) is 8.45. The smallest absolute Gasteiger partial charge is 0.330 e. The first kappa shape index (κ1) is 22.6. The Kier molecular flexibility index (Phi) is 10.6. The van der Waals surface area contributed by atoms with Gasteiger partial charge in [-0.25, -0.2) is 4.79 Å². The Balaban J connectivity index is 5.22. The minimum atomic E-state index is -0.620. The first-order valence-corrected chi connectivity index (χ1v) is 8.56. The number of rotatable bonds is 12. The topological polar surface area (TPSA) is 87.9 Å². The summed E-state index contributed by atoms with van der Waals surface area (Å²) < 4.78 is 16.7. The van der Waals surface area contributed by atoms with E-state index in [-0.39, 0.29) is 31.0 Å². The molecule has 0 saturated carbocycles. The van der Waals surface area contributed by atoms with Gasteiger partial charge in [-0.2, -0.15) is 0 Å². The second-order valence-corrected chi connectivity index (χ2v) is 6.48. The lowest BCUT2D eigenvalue weighted by Crippen LogP contribution is -2.46. The van der Waals surface area contributed by atoms with E-state index >= 15 is 0 Å². The minimum Gasteiger partial charge on any atom is -0.465 e. The Hall–Kier alpha value is -1.40. The molecule has 0 aliphatic carbocycles. The summed E-state index contributed by atoms with van der Waals surface area (Å²) >= 11 is 0. The fourth-order valence-corrected chi connectivity index (χ4v) is 2.56. The maximum Gasteiger partial charge on any atom is 0.330 e. The van der Waals surface area contributed by atoms with Crippen LogP contribution >= 0.6 is 0 Å². The van der Waals surface area contributed by atoms with Gasteiger partial charge in [0, 0.05) is 18.7 Å². The molecule has 0 aliphatic rings. The van der Waals surface area contributed by atoms with Crippen LogP contribution < -0.4 is 5.73 Å². The van der Waals surface area contributed by atoms with Crippen molar-refractivity contribution >= 4 is 11.9 Å². The molecular weight excluding hydrogens is 310 g/mol. The van der Waals surface area contributed by atoms with E-state index in [1.54, 1.807) is 6.92 Å². The van der Waals surface area contributed by atoms with Crippen LogP contribution in [0.3, 0.4) is 0 Å². The first-order chi connectivity index (χ1) is 11.2. The molecule has 0 bridgehead atoms. The Bertz CT molecular complexity index is 406. The largest absolute Gasteiger partial charge is 0.465 e. The molecule has 0 aliphatic heterocycles. The maximum absolute atomic E-state index is 11.8. The molecule has 0 rings (SSSR count). The standard InChI is InChI=1S/C18H33NO5/c1-7-10-15(24-16(20)8-2)14(18(5,6)23-9-3)12-22-17(21)11-13(4)19/h8,13-15H,2,7,9-12,19H2,1,3-6H3. The lowest BCUT2D eigenvalue weighted by molar-refractivity contribution is -0.167. The van der Waals surface area contributed by atoms with Crippen molar-refractivity contribution < 1.29 is 23.8 Å². The number of hydrogen-bond donors (Lipinski definition) is 1. The highest BCUT2D eigenvalue weighted by Crippen LogP contribution is 2.29. The molecule has 0 aromatic carbocycles. The molecule has 0 amide bonds. The third-order valence-corrected chi connectivity index (χ3v) is 3.78. The highest BCUT2D eigenvalue weighted by Gasteiger charge is 2.39. The zero-order chi connectivity index (χ0) is 18.8. The molecule has 0 aromatic heterocycles. The van der Waals surface area contributed by atoms with Crippen LogP contribution in [0.2, 0.25) is 0 Å². The number of esters is 2. The minimum absolute atomic E-state index is 0.105. The summed E-state index contributed by atoms with van der Waals surface area (Å²) in [5, 5.41) is 0. The summed E-state index contributed by atoms with van der Waals surface area (Å²) in [7, 11) is 0. The Labute approximate surface area is 145 Å². The molecule has 140 valence electrons. The number of hydrogen-bond acceptors (Lipinski definition) is 6. The quantitative estimate of drug-likeness (QED) is 0.433. The predicted molar refractivity (Wildman–Crippen MR) is 93.4 cm³/mol. The van der Waals surface area contributed by atoms with Crippen LogP contribution in [0.15, 0.2) is 12.7 Å². The normalized spacial score (nSPS) is 15.2. The second-order valence-electron chi connectivity index (χ2n) is 6.48. The molecule has 3 atom stereocenters. The fourth-order valence-electron chi connectivity index (χ4n) is 2.56. The van der Waals surface area contributed by atoms with Gasteiger partial charge in [-0.3, -0.25) is 4.79 Å². The van der Waals surface area contributed by atoms with Crippen molar-refractivity contribution in [3.8, 4) is 0 Å². The van der Waals surface area contributed by atoms with Gasteiger partial charge in [-0.05, 0) is 34.1 Å². The monoisotopic (exact) mass is 343 g/mol. The van der Waals surface area contributed by atoms with Crippen molar-refractivity contribution in [3.63, 3.8) is 0 Å². The average molecular weight is 343 g/mol. The van der Waals surface area contributed by atoms with Crippen molar-refractivity contribution in [2.75, 3.05) is 13.2 Å². The van der Waals surface area contributed by atoms with E-state index in [1.165, 1.54) is 0 Å². The highest BCUT2D eigenvalue weighted by atomic mass is 16.6. The van der Waals surface area contributed by atoms with Gasteiger partial charge in [0.15, 0.2) is 0 Å². The van der Waals surface area contributed by atoms with Crippen LogP contribution in [0.25, 0.3) is 0 Å². The molecule has 6 heteroatoms. The number of nitrogens with two attached hydrogens (primary N) is 1. The molecule has 6 nitrogen and oxygen atoms in total. The van der Waals surface area contributed by atoms with Crippen molar-refractivity contribution in [3.05, 3.63) is 12.7 Å². The average Bonchev–Trinajstić information content (AvgIpc) is 2.46. The van der Waals surface area contributed by atoms with Gasteiger partial charge < -0.3 is 19.9 Å². The SMILES string of the molecule is C=CC(=O)OC(CCC)C(COC(=O)CC(C)N)C(C)(C)OCC. The number of carbonyl (C=O) groups excluding carboxylic acids is 2. The number of carbonyl (C=O) groups is 2. The lowest BCUT2D eigenvalue weighted by atomic mass is 9.84. The summed E-state index contributed by atoms with van der Waals surface area (Å²) in [6.07, 6.45) is 2.32. The summed E-state index contributed by atoms with van der Waals surface area (Å²) in [6.45, 7) is 13.5. The Morgan fingerprint density at radius 1 is 1.29 bits per heavy atom. The zero-order valence-electron chi connectivity index (χ0n) is 15.7. The summed E-state index contributed by atoms with van der Waals surface area (Å²) in [4.78, 5) is 23.5. The molecule has 2 N–H and O–H groups in total. The first-order valence-electron chi connectivity index (χ1n) is 8.56. The van der Waals surface area contributed by atoms with Crippen LogP contribution in [0.5, 0.6) is 0 Å². The Morgan fingerprint density at radius 2 is 1.92 bits per heavy atom. The molecular formula is C18H33NO5. The molecule has 0 fully saturated rings. The highest BCUT2D eigenvalue weighted by molar-refractivity contribution is 5.81. The van der Waals surface area contributed by atoms with Gasteiger partial charge in [-0.15, -0.1) is 0 Å². The van der Waals surface area contributed by atoms with Crippen molar-refractivity contribution in [2.24, 2.45) is 11.7 Å². The van der Waals surface area contributed by atoms with Gasteiger partial charge in [0.25, 0.3) is 0 Å². The fraction of sp³-hybridized carbons (Fsp3) is 0.778. The summed E-state index contributed by atoms with van der Waals surface area (Å²) in [5.41, 5.74) is 5.00. The van der Waals surface area contributed by atoms with Gasteiger partial charge in [-0.1, -0.05) is 19.9 Å². The summed E-state index contributed by atoms with van der Waals surface area (Å²) in [5.74, 6) is -1.15. The van der Waals surface area contributed by atoms with Gasteiger partial charge in [0.2, 0.25) is 0 Å². The molecule has 0 spiro atoms. The van der Waals surface area contributed by atoms with Gasteiger partial charge in [0.05, 0.1) is 17.9 Å². The molecule has 0 saturated heterocycles. The maximum atomic E-state index is 11.8. The van der Waals surface area contributed by atoms with Crippen LogP contribution in [-0.2, 0) is 23.8 Å². The van der Waals surface area contributed by atoms with E-state index in [9.17, 15) is 9.59 Å². The molecule has 0 aromatic rings. The third-order valence-electron chi connectivity index (χ3n) is 3.78. The zero-order valence-corrected chi connectivity index (χ0v) is 15.7. The molecule has 3 unspecified atom stereocenters. The second kappa shape index (κ2) is 11.2. The van der Waals surface area contributed by atoms with Crippen molar-refractivity contribution in [1.29, 1.82) is 0 Å². The molecule has 0 radical (unpaired) electrons.